The number of ether oxygens (including phenoxy) is 1. The third-order valence-corrected chi connectivity index (χ3v) is 6.80. The number of nitrogens with one attached hydrogen (secondary N) is 1. The molecule has 0 radical (unpaired) electrons. The van der Waals surface area contributed by atoms with Gasteiger partial charge in [0.1, 0.15) is 4.83 Å². The molecule has 0 fully saturated rings. The van der Waals surface area contributed by atoms with Crippen molar-refractivity contribution in [2.75, 3.05) is 20.3 Å². The van der Waals surface area contributed by atoms with Gasteiger partial charge >= 0.3 is 0 Å². The number of amides is 1. The van der Waals surface area contributed by atoms with Gasteiger partial charge in [-0.3, -0.25) is 14.2 Å². The number of thioether (sulfide) groups is 1. The highest BCUT2D eigenvalue weighted by atomic mass is 32.2. The SMILES string of the molecule is CCNC(=O)[C@H](C)Sc1nc2sc3c(c2c(=O)n1CCCOC)CCC3. The minimum atomic E-state index is -0.306. The van der Waals surface area contributed by atoms with E-state index in [1.165, 1.54) is 22.2 Å². The Morgan fingerprint density at radius 2 is 2.27 bits per heavy atom. The number of carbonyl (C=O) groups is 1. The summed E-state index contributed by atoms with van der Waals surface area (Å²) in [5.74, 6) is -0.0380. The summed E-state index contributed by atoms with van der Waals surface area (Å²) >= 11 is 2.99. The smallest absolute Gasteiger partial charge is 0.263 e. The Labute approximate surface area is 161 Å². The van der Waals surface area contributed by atoms with Crippen molar-refractivity contribution in [2.45, 2.75) is 56.5 Å². The second-order valence-electron chi connectivity index (χ2n) is 6.39. The van der Waals surface area contributed by atoms with E-state index in [9.17, 15) is 9.59 Å². The van der Waals surface area contributed by atoms with Gasteiger partial charge in [0.05, 0.1) is 10.6 Å². The zero-order valence-electron chi connectivity index (χ0n) is 15.5. The Balaban J connectivity index is 2.01. The molecule has 0 aromatic carbocycles. The van der Waals surface area contributed by atoms with Crippen molar-refractivity contribution in [2.24, 2.45) is 0 Å². The van der Waals surface area contributed by atoms with Gasteiger partial charge in [0.2, 0.25) is 5.91 Å². The van der Waals surface area contributed by atoms with Crippen LogP contribution >= 0.6 is 23.1 Å². The van der Waals surface area contributed by atoms with E-state index in [4.69, 9.17) is 9.72 Å². The van der Waals surface area contributed by atoms with E-state index in [1.54, 1.807) is 23.0 Å². The van der Waals surface area contributed by atoms with Crippen LogP contribution in [0.3, 0.4) is 0 Å². The topological polar surface area (TPSA) is 73.2 Å². The fraction of sp³-hybridized carbons (Fsp3) is 0.611. The van der Waals surface area contributed by atoms with Crippen LogP contribution in [0.15, 0.2) is 9.95 Å². The Morgan fingerprint density at radius 3 is 3.00 bits per heavy atom. The van der Waals surface area contributed by atoms with Gasteiger partial charge in [0.25, 0.3) is 5.56 Å². The molecule has 1 amide bonds. The molecular formula is C18H25N3O3S2. The van der Waals surface area contributed by atoms with Gasteiger partial charge in [-0.25, -0.2) is 4.98 Å². The molecule has 26 heavy (non-hydrogen) atoms. The number of hydrogen-bond acceptors (Lipinski definition) is 6. The van der Waals surface area contributed by atoms with Crippen LogP contribution in [0.1, 0.15) is 37.1 Å². The molecule has 0 aliphatic heterocycles. The van der Waals surface area contributed by atoms with Crippen LogP contribution in [-0.2, 0) is 28.9 Å². The van der Waals surface area contributed by atoms with Gasteiger partial charge < -0.3 is 10.1 Å². The van der Waals surface area contributed by atoms with E-state index in [1.807, 2.05) is 13.8 Å². The standard InChI is InChI=1S/C18H25N3O3S2/c1-4-19-15(22)11(2)25-18-20-16-14(12-7-5-8-13(12)26-16)17(23)21(18)9-6-10-24-3/h11H,4-10H2,1-3H3,(H,19,22)/t11-/m0/s1. The largest absolute Gasteiger partial charge is 0.385 e. The summed E-state index contributed by atoms with van der Waals surface area (Å²) < 4.78 is 6.87. The lowest BCUT2D eigenvalue weighted by molar-refractivity contribution is -0.120. The molecule has 2 aromatic rings. The van der Waals surface area contributed by atoms with Gasteiger partial charge in [0, 0.05) is 31.7 Å². The van der Waals surface area contributed by atoms with Crippen molar-refractivity contribution >= 4 is 39.2 Å². The molecule has 0 bridgehead atoms. The summed E-state index contributed by atoms with van der Waals surface area (Å²) in [6, 6.07) is 0. The van der Waals surface area contributed by atoms with Crippen LogP contribution in [-0.4, -0.2) is 41.0 Å². The highest BCUT2D eigenvalue weighted by Crippen LogP contribution is 2.36. The molecule has 3 rings (SSSR count). The summed E-state index contributed by atoms with van der Waals surface area (Å²) in [5, 5.41) is 3.93. The quantitative estimate of drug-likeness (QED) is 0.423. The van der Waals surface area contributed by atoms with Crippen molar-refractivity contribution in [1.82, 2.24) is 14.9 Å². The Morgan fingerprint density at radius 1 is 1.46 bits per heavy atom. The number of thiophene rings is 1. The predicted molar refractivity (Wildman–Crippen MR) is 106 cm³/mol. The van der Waals surface area contributed by atoms with Crippen LogP contribution in [0.25, 0.3) is 10.2 Å². The molecule has 1 aliphatic rings. The minimum absolute atomic E-state index is 0.0242. The first-order chi connectivity index (χ1) is 12.6. The normalized spacial score (nSPS) is 14.6. The zero-order valence-corrected chi connectivity index (χ0v) is 17.1. The van der Waals surface area contributed by atoms with Crippen LogP contribution in [0.2, 0.25) is 0 Å². The van der Waals surface area contributed by atoms with E-state index in [0.29, 0.717) is 24.9 Å². The van der Waals surface area contributed by atoms with Crippen LogP contribution in [0.4, 0.5) is 0 Å². The minimum Gasteiger partial charge on any atom is -0.385 e. The lowest BCUT2D eigenvalue weighted by Gasteiger charge is -2.15. The monoisotopic (exact) mass is 395 g/mol. The van der Waals surface area contributed by atoms with E-state index in [0.717, 1.165) is 35.9 Å². The van der Waals surface area contributed by atoms with E-state index in [-0.39, 0.29) is 16.7 Å². The highest BCUT2D eigenvalue weighted by molar-refractivity contribution is 8.00. The molecule has 1 N–H and O–H groups in total. The number of carbonyl (C=O) groups excluding carboxylic acids is 1. The summed E-state index contributed by atoms with van der Waals surface area (Å²) in [6.07, 6.45) is 3.85. The second-order valence-corrected chi connectivity index (χ2v) is 8.78. The van der Waals surface area contributed by atoms with Gasteiger partial charge in [-0.05, 0) is 45.1 Å². The van der Waals surface area contributed by atoms with E-state index >= 15 is 0 Å². The molecule has 142 valence electrons. The maximum atomic E-state index is 13.2. The van der Waals surface area contributed by atoms with Crippen molar-refractivity contribution in [3.05, 3.63) is 20.8 Å². The third kappa shape index (κ3) is 3.82. The first kappa shape index (κ1) is 19.4. The average molecular weight is 396 g/mol. The summed E-state index contributed by atoms with van der Waals surface area (Å²) in [6.45, 7) is 5.47. The lowest BCUT2D eigenvalue weighted by atomic mass is 10.2. The van der Waals surface area contributed by atoms with E-state index < -0.39 is 0 Å². The number of hydrogen-bond donors (Lipinski definition) is 1. The van der Waals surface area contributed by atoms with Crippen LogP contribution in [0, 0.1) is 0 Å². The number of aryl methyl sites for hydroxylation is 2. The predicted octanol–water partition coefficient (Wildman–Crippen LogP) is 2.60. The molecule has 2 heterocycles. The average Bonchev–Trinajstić information content (AvgIpc) is 3.18. The summed E-state index contributed by atoms with van der Waals surface area (Å²) in [5.41, 5.74) is 1.22. The molecule has 6 nitrogen and oxygen atoms in total. The number of fused-ring (bicyclic) bond motifs is 3. The van der Waals surface area contributed by atoms with E-state index in [2.05, 4.69) is 5.32 Å². The molecular weight excluding hydrogens is 370 g/mol. The Kier molecular flexibility index (Phi) is 6.37. The Bertz CT molecular complexity index is 859. The molecule has 8 heteroatoms. The third-order valence-electron chi connectivity index (χ3n) is 4.52. The van der Waals surface area contributed by atoms with Crippen molar-refractivity contribution in [1.29, 1.82) is 0 Å². The molecule has 0 unspecified atom stereocenters. The van der Waals surface area contributed by atoms with Crippen LogP contribution < -0.4 is 10.9 Å². The number of nitrogens with zero attached hydrogens (tertiary/aromatic N) is 2. The van der Waals surface area contributed by atoms with Crippen molar-refractivity contribution < 1.29 is 9.53 Å². The summed E-state index contributed by atoms with van der Waals surface area (Å²) in [4.78, 5) is 32.2. The van der Waals surface area contributed by atoms with Gasteiger partial charge in [0.15, 0.2) is 5.16 Å². The first-order valence-corrected chi connectivity index (χ1v) is 10.7. The fourth-order valence-electron chi connectivity index (χ4n) is 3.24. The number of rotatable bonds is 8. The van der Waals surface area contributed by atoms with Crippen molar-refractivity contribution in [3.8, 4) is 0 Å². The molecule has 1 aliphatic carbocycles. The van der Waals surface area contributed by atoms with Crippen molar-refractivity contribution in [3.63, 3.8) is 0 Å². The molecule has 1 atom stereocenters. The molecule has 2 aromatic heterocycles. The van der Waals surface area contributed by atoms with Crippen LogP contribution in [0.5, 0.6) is 0 Å². The highest BCUT2D eigenvalue weighted by Gasteiger charge is 2.24. The number of aromatic nitrogens is 2. The number of methoxy groups -OCH3 is 1. The van der Waals surface area contributed by atoms with Gasteiger partial charge in [-0.2, -0.15) is 0 Å². The lowest BCUT2D eigenvalue weighted by Crippen LogP contribution is -2.32. The first-order valence-electron chi connectivity index (χ1n) is 9.05. The second kappa shape index (κ2) is 8.54. The molecule has 0 spiro atoms. The summed E-state index contributed by atoms with van der Waals surface area (Å²) in [7, 11) is 1.66. The molecule has 0 saturated heterocycles. The van der Waals surface area contributed by atoms with Gasteiger partial charge in [-0.1, -0.05) is 11.8 Å². The fourth-order valence-corrected chi connectivity index (χ4v) is 5.50. The zero-order chi connectivity index (χ0) is 18.7. The molecule has 0 saturated carbocycles. The van der Waals surface area contributed by atoms with Gasteiger partial charge in [-0.15, -0.1) is 11.3 Å². The maximum Gasteiger partial charge on any atom is 0.263 e. The maximum absolute atomic E-state index is 13.2. The Hall–Kier alpha value is -1.38.